The zero-order chi connectivity index (χ0) is 37.1. The van der Waals surface area contributed by atoms with Crippen molar-refractivity contribution in [3.63, 3.8) is 0 Å². The first-order valence-corrected chi connectivity index (χ1v) is 19.4. The summed E-state index contributed by atoms with van der Waals surface area (Å²) in [5, 5.41) is 0. The molecule has 0 heterocycles. The van der Waals surface area contributed by atoms with E-state index in [1.165, 1.54) is 77.9 Å². The highest BCUT2D eigenvalue weighted by Crippen LogP contribution is 2.63. The van der Waals surface area contributed by atoms with Crippen LogP contribution in [0.15, 0.2) is 224 Å². The van der Waals surface area contributed by atoms with E-state index in [2.05, 4.69) is 229 Å². The van der Waals surface area contributed by atoms with Gasteiger partial charge in [-0.3, -0.25) is 0 Å². The molecule has 9 aromatic carbocycles. The molecular formula is C55H37N. The van der Waals surface area contributed by atoms with Crippen molar-refractivity contribution in [1.29, 1.82) is 0 Å². The van der Waals surface area contributed by atoms with Crippen molar-refractivity contribution in [2.24, 2.45) is 0 Å². The third kappa shape index (κ3) is 4.95. The van der Waals surface area contributed by atoms with Crippen LogP contribution >= 0.6 is 0 Å². The van der Waals surface area contributed by atoms with E-state index < -0.39 is 5.41 Å². The number of hydrogen-bond donors (Lipinski definition) is 0. The van der Waals surface area contributed by atoms with Crippen LogP contribution in [0.25, 0.3) is 55.6 Å². The van der Waals surface area contributed by atoms with Crippen molar-refractivity contribution in [1.82, 2.24) is 0 Å². The SMILES string of the molecule is c1ccc(-c2ccc(N(c3cccc(-c4cccc(-c5ccccc5)c4)c3)c3ccc4c(c3)C3(c5ccccc5-c5ccccc53)c3ccccc3-4)cc2)cc1. The zero-order valence-corrected chi connectivity index (χ0v) is 30.8. The number of fused-ring (bicyclic) bond motifs is 10. The smallest absolute Gasteiger partial charge is 0.0726 e. The molecule has 1 spiro atoms. The van der Waals surface area contributed by atoms with E-state index >= 15 is 0 Å². The van der Waals surface area contributed by atoms with E-state index in [-0.39, 0.29) is 0 Å². The molecule has 0 radical (unpaired) electrons. The fourth-order valence-electron chi connectivity index (χ4n) is 9.44. The molecule has 11 rings (SSSR count). The minimum atomic E-state index is -0.419. The van der Waals surface area contributed by atoms with E-state index in [1.54, 1.807) is 0 Å². The van der Waals surface area contributed by atoms with E-state index in [4.69, 9.17) is 0 Å². The van der Waals surface area contributed by atoms with Crippen molar-refractivity contribution in [3.8, 4) is 55.6 Å². The molecule has 56 heavy (non-hydrogen) atoms. The second-order valence-corrected chi connectivity index (χ2v) is 14.9. The van der Waals surface area contributed by atoms with Gasteiger partial charge in [0.15, 0.2) is 0 Å². The maximum Gasteiger partial charge on any atom is 0.0726 e. The van der Waals surface area contributed by atoms with Crippen LogP contribution in [0.1, 0.15) is 22.3 Å². The fourth-order valence-corrected chi connectivity index (χ4v) is 9.44. The lowest BCUT2D eigenvalue weighted by Gasteiger charge is -2.32. The fraction of sp³-hybridized carbons (Fsp3) is 0.0182. The van der Waals surface area contributed by atoms with Gasteiger partial charge in [0, 0.05) is 17.1 Å². The highest BCUT2D eigenvalue weighted by Gasteiger charge is 2.51. The Morgan fingerprint density at radius 3 is 1.21 bits per heavy atom. The molecule has 1 heteroatoms. The standard InChI is InChI=1S/C55H37N/c1-3-15-38(16-4-1)40-29-31-44(32-30-40)56(45-22-14-21-43(36-45)42-20-13-19-41(35-42)39-17-5-2-6-18-39)46-33-34-50-49-25-9-12-28-53(49)55(54(50)37-46)51-26-10-7-23-47(51)48-24-8-11-27-52(48)55/h1-37H. The van der Waals surface area contributed by atoms with Crippen LogP contribution in [0.3, 0.4) is 0 Å². The predicted octanol–water partition coefficient (Wildman–Crippen LogP) is 14.5. The second-order valence-electron chi connectivity index (χ2n) is 14.9. The zero-order valence-electron chi connectivity index (χ0n) is 30.8. The Hall–Kier alpha value is -7.22. The third-order valence-electron chi connectivity index (χ3n) is 11.9. The van der Waals surface area contributed by atoms with Gasteiger partial charge in [0.2, 0.25) is 0 Å². The summed E-state index contributed by atoms with van der Waals surface area (Å²) in [5.41, 5.74) is 20.7. The van der Waals surface area contributed by atoms with Crippen LogP contribution in [0.4, 0.5) is 17.1 Å². The monoisotopic (exact) mass is 711 g/mol. The van der Waals surface area contributed by atoms with Crippen molar-refractivity contribution < 1.29 is 0 Å². The molecule has 0 saturated carbocycles. The largest absolute Gasteiger partial charge is 0.310 e. The predicted molar refractivity (Wildman–Crippen MR) is 234 cm³/mol. The minimum absolute atomic E-state index is 0.419. The molecule has 2 aliphatic carbocycles. The van der Waals surface area contributed by atoms with Crippen LogP contribution in [-0.4, -0.2) is 0 Å². The van der Waals surface area contributed by atoms with Crippen molar-refractivity contribution in [2.75, 3.05) is 4.90 Å². The number of anilines is 3. The number of rotatable bonds is 6. The van der Waals surface area contributed by atoms with E-state index in [0.717, 1.165) is 17.1 Å². The quantitative estimate of drug-likeness (QED) is 0.166. The Labute approximate surface area is 328 Å². The molecule has 0 saturated heterocycles. The van der Waals surface area contributed by atoms with Crippen LogP contribution in [-0.2, 0) is 5.41 Å². The number of hydrogen-bond acceptors (Lipinski definition) is 1. The molecule has 0 unspecified atom stereocenters. The molecule has 1 nitrogen and oxygen atoms in total. The van der Waals surface area contributed by atoms with E-state index in [0.29, 0.717) is 0 Å². The van der Waals surface area contributed by atoms with Gasteiger partial charge in [-0.15, -0.1) is 0 Å². The third-order valence-corrected chi connectivity index (χ3v) is 11.9. The Bertz CT molecular complexity index is 2840. The lowest BCUT2D eigenvalue weighted by molar-refractivity contribution is 0.793. The molecule has 0 aliphatic heterocycles. The van der Waals surface area contributed by atoms with Crippen LogP contribution < -0.4 is 4.90 Å². The normalized spacial score (nSPS) is 12.8. The summed E-state index contributed by atoms with van der Waals surface area (Å²) in [5.74, 6) is 0. The van der Waals surface area contributed by atoms with Gasteiger partial charge in [0.05, 0.1) is 5.41 Å². The Morgan fingerprint density at radius 2 is 0.625 bits per heavy atom. The first kappa shape index (κ1) is 32.2. The Balaban J connectivity index is 1.11. The van der Waals surface area contributed by atoms with Crippen LogP contribution in [0, 0.1) is 0 Å². The molecular weight excluding hydrogens is 675 g/mol. The van der Waals surface area contributed by atoms with E-state index in [1.807, 2.05) is 0 Å². The average molecular weight is 712 g/mol. The lowest BCUT2D eigenvalue weighted by atomic mass is 9.70. The summed E-state index contributed by atoms with van der Waals surface area (Å²) in [6.45, 7) is 0. The van der Waals surface area contributed by atoms with Gasteiger partial charge in [-0.2, -0.15) is 0 Å². The highest BCUT2D eigenvalue weighted by molar-refractivity contribution is 5.96. The van der Waals surface area contributed by atoms with Gasteiger partial charge >= 0.3 is 0 Å². The summed E-state index contributed by atoms with van der Waals surface area (Å²) in [6.07, 6.45) is 0. The summed E-state index contributed by atoms with van der Waals surface area (Å²) >= 11 is 0. The van der Waals surface area contributed by atoms with Crippen molar-refractivity contribution in [2.45, 2.75) is 5.41 Å². The summed E-state index contributed by atoms with van der Waals surface area (Å²) in [4.78, 5) is 2.43. The maximum atomic E-state index is 2.47. The second kappa shape index (κ2) is 13.0. The van der Waals surface area contributed by atoms with Gasteiger partial charge < -0.3 is 4.90 Å². The first-order chi connectivity index (χ1) is 27.8. The molecule has 262 valence electrons. The summed E-state index contributed by atoms with van der Waals surface area (Å²) < 4.78 is 0. The summed E-state index contributed by atoms with van der Waals surface area (Å²) in [6, 6.07) is 82.4. The Kier molecular flexibility index (Phi) is 7.47. The minimum Gasteiger partial charge on any atom is -0.310 e. The molecule has 9 aromatic rings. The highest BCUT2D eigenvalue weighted by atomic mass is 15.1. The van der Waals surface area contributed by atoms with Gasteiger partial charge in [-0.25, -0.2) is 0 Å². The molecule has 0 bridgehead atoms. The van der Waals surface area contributed by atoms with Crippen molar-refractivity contribution in [3.05, 3.63) is 247 Å². The molecule has 0 fully saturated rings. The van der Waals surface area contributed by atoms with Crippen molar-refractivity contribution >= 4 is 17.1 Å². The summed E-state index contributed by atoms with van der Waals surface area (Å²) in [7, 11) is 0. The lowest BCUT2D eigenvalue weighted by Crippen LogP contribution is -2.26. The number of benzene rings is 9. The average Bonchev–Trinajstić information content (AvgIpc) is 3.75. The Morgan fingerprint density at radius 1 is 0.232 bits per heavy atom. The topological polar surface area (TPSA) is 3.24 Å². The van der Waals surface area contributed by atoms with Crippen LogP contribution in [0.2, 0.25) is 0 Å². The van der Waals surface area contributed by atoms with E-state index in [9.17, 15) is 0 Å². The maximum absolute atomic E-state index is 2.47. The molecule has 0 aromatic heterocycles. The first-order valence-electron chi connectivity index (χ1n) is 19.4. The van der Waals surface area contributed by atoms with Gasteiger partial charge in [-0.05, 0) is 120 Å². The van der Waals surface area contributed by atoms with Crippen LogP contribution in [0.5, 0.6) is 0 Å². The molecule has 2 aliphatic rings. The molecule has 0 amide bonds. The molecule has 0 N–H and O–H groups in total. The van der Waals surface area contributed by atoms with Gasteiger partial charge in [0.25, 0.3) is 0 Å². The van der Waals surface area contributed by atoms with Gasteiger partial charge in [-0.1, -0.05) is 182 Å². The molecule has 0 atom stereocenters. The number of nitrogens with zero attached hydrogens (tertiary/aromatic N) is 1. The van der Waals surface area contributed by atoms with Gasteiger partial charge in [0.1, 0.15) is 0 Å².